The Bertz CT molecular complexity index is 569. The van der Waals surface area contributed by atoms with Gasteiger partial charge in [0.15, 0.2) is 11.6 Å². The van der Waals surface area contributed by atoms with Gasteiger partial charge in [-0.05, 0) is 31.2 Å². The Kier molecular flexibility index (Phi) is 4.79. The van der Waals surface area contributed by atoms with E-state index in [4.69, 9.17) is 4.52 Å². The van der Waals surface area contributed by atoms with E-state index < -0.39 is 11.6 Å². The molecule has 20 heavy (non-hydrogen) atoms. The molecule has 0 unspecified atom stereocenters. The molecule has 0 aliphatic carbocycles. The van der Waals surface area contributed by atoms with Gasteiger partial charge in [-0.3, -0.25) is 0 Å². The first-order chi connectivity index (χ1) is 9.56. The number of rotatable bonds is 6. The zero-order chi connectivity index (χ0) is 14.5. The van der Waals surface area contributed by atoms with Crippen LogP contribution in [-0.4, -0.2) is 22.7 Å². The fourth-order valence-corrected chi connectivity index (χ4v) is 1.74. The summed E-state index contributed by atoms with van der Waals surface area (Å²) >= 11 is 0. The SMILES string of the molecule is CC(C)NCCCc1nc(-c2ccc(F)c(F)c2)no1. The van der Waals surface area contributed by atoms with Crippen molar-refractivity contribution >= 4 is 0 Å². The van der Waals surface area contributed by atoms with Crippen molar-refractivity contribution in [3.05, 3.63) is 35.7 Å². The van der Waals surface area contributed by atoms with Crippen molar-refractivity contribution in [3.8, 4) is 11.4 Å². The maximum absolute atomic E-state index is 13.1. The van der Waals surface area contributed by atoms with E-state index >= 15 is 0 Å². The summed E-state index contributed by atoms with van der Waals surface area (Å²) in [6.45, 7) is 5.02. The van der Waals surface area contributed by atoms with Crippen LogP contribution in [0.25, 0.3) is 11.4 Å². The summed E-state index contributed by atoms with van der Waals surface area (Å²) in [6.07, 6.45) is 1.52. The highest BCUT2D eigenvalue weighted by atomic mass is 19.2. The lowest BCUT2D eigenvalue weighted by Gasteiger charge is -2.05. The van der Waals surface area contributed by atoms with Crippen molar-refractivity contribution in [1.82, 2.24) is 15.5 Å². The molecular weight excluding hydrogens is 264 g/mol. The van der Waals surface area contributed by atoms with Crippen LogP contribution in [0.3, 0.4) is 0 Å². The summed E-state index contributed by atoms with van der Waals surface area (Å²) in [5, 5.41) is 7.06. The largest absolute Gasteiger partial charge is 0.339 e. The lowest BCUT2D eigenvalue weighted by Crippen LogP contribution is -2.23. The molecule has 0 bridgehead atoms. The fraction of sp³-hybridized carbons (Fsp3) is 0.429. The predicted octanol–water partition coefficient (Wildman–Crippen LogP) is 2.95. The van der Waals surface area contributed by atoms with E-state index in [1.165, 1.54) is 6.07 Å². The number of nitrogens with one attached hydrogen (secondary N) is 1. The first-order valence-electron chi connectivity index (χ1n) is 6.57. The minimum Gasteiger partial charge on any atom is -0.339 e. The first kappa shape index (κ1) is 14.6. The molecule has 0 aliphatic rings. The topological polar surface area (TPSA) is 51.0 Å². The Labute approximate surface area is 116 Å². The highest BCUT2D eigenvalue weighted by Gasteiger charge is 2.11. The van der Waals surface area contributed by atoms with E-state index in [1.807, 2.05) is 0 Å². The summed E-state index contributed by atoms with van der Waals surface area (Å²) in [5.41, 5.74) is 0.402. The molecule has 0 amide bonds. The first-order valence-corrected chi connectivity index (χ1v) is 6.57. The van der Waals surface area contributed by atoms with Crippen LogP contribution < -0.4 is 5.32 Å². The standard InChI is InChI=1S/C14H17F2N3O/c1-9(2)17-7-3-4-13-18-14(19-20-13)10-5-6-11(15)12(16)8-10/h5-6,8-9,17H,3-4,7H2,1-2H3. The predicted molar refractivity (Wildman–Crippen MR) is 71.1 cm³/mol. The number of nitrogens with zero attached hydrogens (tertiary/aromatic N) is 2. The van der Waals surface area contributed by atoms with Crippen LogP contribution in [0, 0.1) is 11.6 Å². The molecule has 0 fully saturated rings. The van der Waals surface area contributed by atoms with Gasteiger partial charge in [-0.2, -0.15) is 4.98 Å². The van der Waals surface area contributed by atoms with Crippen LogP contribution in [-0.2, 0) is 6.42 Å². The van der Waals surface area contributed by atoms with Gasteiger partial charge >= 0.3 is 0 Å². The molecule has 1 aromatic carbocycles. The van der Waals surface area contributed by atoms with Crippen molar-refractivity contribution in [3.63, 3.8) is 0 Å². The Morgan fingerprint density at radius 3 is 2.75 bits per heavy atom. The summed E-state index contributed by atoms with van der Waals surface area (Å²) < 4.78 is 31.1. The van der Waals surface area contributed by atoms with Crippen molar-refractivity contribution in [2.45, 2.75) is 32.7 Å². The van der Waals surface area contributed by atoms with Crippen LogP contribution in [0.1, 0.15) is 26.2 Å². The highest BCUT2D eigenvalue weighted by molar-refractivity contribution is 5.54. The second-order valence-corrected chi connectivity index (χ2v) is 4.85. The van der Waals surface area contributed by atoms with Gasteiger partial charge in [-0.25, -0.2) is 8.78 Å². The van der Waals surface area contributed by atoms with Gasteiger partial charge < -0.3 is 9.84 Å². The molecule has 0 saturated carbocycles. The Morgan fingerprint density at radius 2 is 2.05 bits per heavy atom. The second kappa shape index (κ2) is 6.56. The van der Waals surface area contributed by atoms with Crippen LogP contribution >= 0.6 is 0 Å². The third kappa shape index (κ3) is 3.84. The molecule has 0 atom stereocenters. The molecule has 1 heterocycles. The number of halogens is 2. The quantitative estimate of drug-likeness (QED) is 0.827. The summed E-state index contributed by atoms with van der Waals surface area (Å²) in [6, 6.07) is 3.97. The van der Waals surface area contributed by atoms with Gasteiger partial charge in [-0.15, -0.1) is 0 Å². The number of aryl methyl sites for hydroxylation is 1. The number of benzene rings is 1. The molecule has 0 spiro atoms. The van der Waals surface area contributed by atoms with Gasteiger partial charge in [-0.1, -0.05) is 19.0 Å². The summed E-state index contributed by atoms with van der Waals surface area (Å²) in [7, 11) is 0. The lowest BCUT2D eigenvalue weighted by molar-refractivity contribution is 0.374. The third-order valence-corrected chi connectivity index (χ3v) is 2.77. The molecule has 1 aromatic heterocycles. The number of aromatic nitrogens is 2. The Morgan fingerprint density at radius 1 is 1.25 bits per heavy atom. The minimum absolute atomic E-state index is 0.274. The maximum Gasteiger partial charge on any atom is 0.227 e. The molecule has 2 rings (SSSR count). The molecule has 4 nitrogen and oxygen atoms in total. The summed E-state index contributed by atoms with van der Waals surface area (Å²) in [4.78, 5) is 4.17. The van der Waals surface area contributed by atoms with Gasteiger partial charge in [0, 0.05) is 18.0 Å². The average molecular weight is 281 g/mol. The molecule has 0 aliphatic heterocycles. The van der Waals surface area contributed by atoms with Gasteiger partial charge in [0.1, 0.15) is 0 Å². The Balaban J connectivity index is 1.96. The fourth-order valence-electron chi connectivity index (χ4n) is 1.74. The summed E-state index contributed by atoms with van der Waals surface area (Å²) in [5.74, 6) is -1.04. The van der Waals surface area contributed by atoms with E-state index in [0.29, 0.717) is 23.9 Å². The van der Waals surface area contributed by atoms with E-state index in [9.17, 15) is 8.78 Å². The molecular formula is C14H17F2N3O. The highest BCUT2D eigenvalue weighted by Crippen LogP contribution is 2.18. The molecule has 0 radical (unpaired) electrons. The number of hydrogen-bond donors (Lipinski definition) is 1. The molecule has 2 aromatic rings. The van der Waals surface area contributed by atoms with Crippen LogP contribution in [0.4, 0.5) is 8.78 Å². The molecule has 6 heteroatoms. The van der Waals surface area contributed by atoms with Crippen molar-refractivity contribution in [2.75, 3.05) is 6.54 Å². The minimum atomic E-state index is -0.921. The monoisotopic (exact) mass is 281 g/mol. The normalized spacial score (nSPS) is 11.2. The zero-order valence-electron chi connectivity index (χ0n) is 11.5. The number of hydrogen-bond acceptors (Lipinski definition) is 4. The van der Waals surface area contributed by atoms with E-state index in [2.05, 4.69) is 29.3 Å². The van der Waals surface area contributed by atoms with Crippen molar-refractivity contribution in [2.24, 2.45) is 0 Å². The zero-order valence-corrected chi connectivity index (χ0v) is 11.5. The van der Waals surface area contributed by atoms with Crippen LogP contribution in [0.5, 0.6) is 0 Å². The van der Waals surface area contributed by atoms with Crippen LogP contribution in [0.15, 0.2) is 22.7 Å². The van der Waals surface area contributed by atoms with Gasteiger partial charge in [0.25, 0.3) is 0 Å². The second-order valence-electron chi connectivity index (χ2n) is 4.85. The van der Waals surface area contributed by atoms with Crippen molar-refractivity contribution < 1.29 is 13.3 Å². The molecule has 1 N–H and O–H groups in total. The van der Waals surface area contributed by atoms with Gasteiger partial charge in [0.05, 0.1) is 0 Å². The van der Waals surface area contributed by atoms with Crippen LogP contribution in [0.2, 0.25) is 0 Å². The molecule has 0 saturated heterocycles. The molecule has 108 valence electrons. The van der Waals surface area contributed by atoms with Crippen molar-refractivity contribution in [1.29, 1.82) is 0 Å². The maximum atomic E-state index is 13.1. The van der Waals surface area contributed by atoms with Gasteiger partial charge in [0.2, 0.25) is 11.7 Å². The van der Waals surface area contributed by atoms with E-state index in [-0.39, 0.29) is 5.82 Å². The smallest absolute Gasteiger partial charge is 0.227 e. The van der Waals surface area contributed by atoms with E-state index in [0.717, 1.165) is 25.1 Å². The third-order valence-electron chi connectivity index (χ3n) is 2.77. The Hall–Kier alpha value is -1.82. The average Bonchev–Trinajstić information content (AvgIpc) is 2.86. The lowest BCUT2D eigenvalue weighted by atomic mass is 10.2. The van der Waals surface area contributed by atoms with E-state index in [1.54, 1.807) is 0 Å².